The quantitative estimate of drug-likeness (QED) is 0.769. The number of aromatic nitrogens is 1. The number of rotatable bonds is 8. The number of ether oxygens (including phenoxy) is 1. The van der Waals surface area contributed by atoms with E-state index in [0.717, 1.165) is 44.0 Å². The van der Waals surface area contributed by atoms with Gasteiger partial charge in [-0.1, -0.05) is 27.2 Å². The monoisotopic (exact) mass is 250 g/mol. The molecule has 0 radical (unpaired) electrons. The molecule has 0 saturated heterocycles. The second-order valence-electron chi connectivity index (χ2n) is 5.12. The van der Waals surface area contributed by atoms with Gasteiger partial charge in [-0.2, -0.15) is 0 Å². The van der Waals surface area contributed by atoms with Crippen molar-refractivity contribution in [2.75, 3.05) is 13.7 Å². The maximum Gasteiger partial charge on any atom is 0.213 e. The molecule has 0 atom stereocenters. The van der Waals surface area contributed by atoms with Crippen molar-refractivity contribution in [3.05, 3.63) is 23.4 Å². The molecule has 1 aromatic rings. The molecule has 0 saturated carbocycles. The predicted octanol–water partition coefficient (Wildman–Crippen LogP) is 3.18. The predicted molar refractivity (Wildman–Crippen MR) is 75.9 cm³/mol. The fraction of sp³-hybridized carbons (Fsp3) is 0.667. The summed E-state index contributed by atoms with van der Waals surface area (Å²) in [7, 11) is 1.96. The zero-order chi connectivity index (χ0) is 13.4. The van der Waals surface area contributed by atoms with Crippen molar-refractivity contribution in [1.82, 2.24) is 10.3 Å². The minimum absolute atomic E-state index is 0.667. The lowest BCUT2D eigenvalue weighted by Gasteiger charge is -2.11. The molecule has 0 aliphatic carbocycles. The molecule has 3 nitrogen and oxygen atoms in total. The van der Waals surface area contributed by atoms with E-state index in [1.807, 2.05) is 13.1 Å². The van der Waals surface area contributed by atoms with Gasteiger partial charge in [0.05, 0.1) is 6.61 Å². The van der Waals surface area contributed by atoms with Crippen molar-refractivity contribution in [2.45, 2.75) is 46.6 Å². The summed E-state index contributed by atoms with van der Waals surface area (Å²) >= 11 is 0. The van der Waals surface area contributed by atoms with Crippen LogP contribution in [0.5, 0.6) is 5.88 Å². The summed E-state index contributed by atoms with van der Waals surface area (Å²) < 4.78 is 5.75. The number of hydrogen-bond acceptors (Lipinski definition) is 3. The molecule has 0 bridgehead atoms. The topological polar surface area (TPSA) is 34.1 Å². The molecular weight excluding hydrogens is 224 g/mol. The van der Waals surface area contributed by atoms with Gasteiger partial charge in [0.1, 0.15) is 0 Å². The summed E-state index contributed by atoms with van der Waals surface area (Å²) in [4.78, 5) is 4.55. The third-order valence-corrected chi connectivity index (χ3v) is 2.75. The third kappa shape index (κ3) is 5.50. The molecule has 0 unspecified atom stereocenters. The molecule has 0 aliphatic rings. The van der Waals surface area contributed by atoms with Crippen LogP contribution in [0.1, 0.15) is 44.9 Å². The van der Waals surface area contributed by atoms with Crippen LogP contribution in [0.15, 0.2) is 12.1 Å². The summed E-state index contributed by atoms with van der Waals surface area (Å²) in [5.74, 6) is 1.44. The second kappa shape index (κ2) is 8.09. The number of aryl methyl sites for hydroxylation is 1. The first-order valence-electron chi connectivity index (χ1n) is 6.93. The van der Waals surface area contributed by atoms with Crippen LogP contribution in [-0.4, -0.2) is 18.6 Å². The Kier molecular flexibility index (Phi) is 6.73. The molecule has 1 N–H and O–H groups in total. The Bertz CT molecular complexity index is 326. The van der Waals surface area contributed by atoms with Crippen molar-refractivity contribution >= 4 is 0 Å². The number of nitrogens with one attached hydrogen (secondary N) is 1. The molecule has 18 heavy (non-hydrogen) atoms. The van der Waals surface area contributed by atoms with E-state index in [4.69, 9.17) is 4.74 Å². The van der Waals surface area contributed by atoms with Crippen LogP contribution >= 0.6 is 0 Å². The Hall–Kier alpha value is -1.09. The Morgan fingerprint density at radius 1 is 1.33 bits per heavy atom. The largest absolute Gasteiger partial charge is 0.478 e. The molecule has 3 heteroatoms. The normalized spacial score (nSPS) is 10.9. The Morgan fingerprint density at radius 2 is 2.11 bits per heavy atom. The zero-order valence-electron chi connectivity index (χ0n) is 12.1. The van der Waals surface area contributed by atoms with Crippen molar-refractivity contribution in [3.8, 4) is 5.88 Å². The lowest BCUT2D eigenvalue weighted by molar-refractivity contribution is 0.278. The maximum atomic E-state index is 5.75. The van der Waals surface area contributed by atoms with Crippen LogP contribution in [0.2, 0.25) is 0 Å². The molecule has 1 heterocycles. The lowest BCUT2D eigenvalue weighted by Crippen LogP contribution is -2.08. The molecule has 0 amide bonds. The Morgan fingerprint density at radius 3 is 2.72 bits per heavy atom. The summed E-state index contributed by atoms with van der Waals surface area (Å²) in [6.45, 7) is 8.19. The highest BCUT2D eigenvalue weighted by Gasteiger charge is 2.04. The molecular formula is C15H26N2O. The van der Waals surface area contributed by atoms with Gasteiger partial charge in [0.15, 0.2) is 0 Å². The van der Waals surface area contributed by atoms with Crippen LogP contribution in [0.4, 0.5) is 0 Å². The van der Waals surface area contributed by atoms with Gasteiger partial charge in [0.2, 0.25) is 5.88 Å². The standard InChI is InChI=1S/C15H26N2O/c1-5-6-14-9-13(11-16-4)10-15(17-14)18-8-7-12(2)3/h9-10,12,16H,5-8,11H2,1-4H3. The Labute approximate surface area is 111 Å². The SMILES string of the molecule is CCCc1cc(CNC)cc(OCCC(C)C)n1. The van der Waals surface area contributed by atoms with Gasteiger partial charge >= 0.3 is 0 Å². The van der Waals surface area contributed by atoms with Crippen LogP contribution in [0, 0.1) is 5.92 Å². The first-order valence-corrected chi connectivity index (χ1v) is 6.93. The van der Waals surface area contributed by atoms with Crippen molar-refractivity contribution < 1.29 is 4.74 Å². The van der Waals surface area contributed by atoms with E-state index >= 15 is 0 Å². The highest BCUT2D eigenvalue weighted by atomic mass is 16.5. The summed E-state index contributed by atoms with van der Waals surface area (Å²) in [5, 5.41) is 3.17. The van der Waals surface area contributed by atoms with Gasteiger partial charge in [0, 0.05) is 18.3 Å². The first-order chi connectivity index (χ1) is 8.65. The second-order valence-corrected chi connectivity index (χ2v) is 5.12. The van der Waals surface area contributed by atoms with E-state index in [1.165, 1.54) is 5.56 Å². The average Bonchev–Trinajstić information content (AvgIpc) is 2.29. The smallest absolute Gasteiger partial charge is 0.213 e. The van der Waals surface area contributed by atoms with Crippen LogP contribution < -0.4 is 10.1 Å². The molecule has 0 spiro atoms. The maximum absolute atomic E-state index is 5.75. The van der Waals surface area contributed by atoms with E-state index in [-0.39, 0.29) is 0 Å². The average molecular weight is 250 g/mol. The fourth-order valence-corrected chi connectivity index (χ4v) is 1.78. The van der Waals surface area contributed by atoms with Crippen molar-refractivity contribution in [2.24, 2.45) is 5.92 Å². The number of nitrogens with zero attached hydrogens (tertiary/aromatic N) is 1. The summed E-state index contributed by atoms with van der Waals surface area (Å²) in [6, 6.07) is 4.20. The van der Waals surface area contributed by atoms with E-state index < -0.39 is 0 Å². The Balaban J connectivity index is 2.69. The molecule has 1 rings (SSSR count). The van der Waals surface area contributed by atoms with Crippen LogP contribution in [-0.2, 0) is 13.0 Å². The fourth-order valence-electron chi connectivity index (χ4n) is 1.78. The third-order valence-electron chi connectivity index (χ3n) is 2.75. The first kappa shape index (κ1) is 15.0. The van der Waals surface area contributed by atoms with Crippen molar-refractivity contribution in [3.63, 3.8) is 0 Å². The van der Waals surface area contributed by atoms with Gasteiger partial charge < -0.3 is 10.1 Å². The molecule has 0 aromatic carbocycles. The molecule has 0 aliphatic heterocycles. The molecule has 0 fully saturated rings. The molecule has 1 aromatic heterocycles. The highest BCUT2D eigenvalue weighted by molar-refractivity contribution is 5.25. The van der Waals surface area contributed by atoms with Gasteiger partial charge in [-0.15, -0.1) is 0 Å². The number of hydrogen-bond donors (Lipinski definition) is 1. The zero-order valence-corrected chi connectivity index (χ0v) is 12.1. The summed E-state index contributed by atoms with van der Waals surface area (Å²) in [6.07, 6.45) is 3.20. The van der Waals surface area contributed by atoms with Crippen LogP contribution in [0.25, 0.3) is 0 Å². The molecule has 102 valence electrons. The number of pyridine rings is 1. The van der Waals surface area contributed by atoms with Gasteiger partial charge in [-0.3, -0.25) is 0 Å². The highest BCUT2D eigenvalue weighted by Crippen LogP contribution is 2.15. The van der Waals surface area contributed by atoms with Crippen molar-refractivity contribution in [1.29, 1.82) is 0 Å². The summed E-state index contributed by atoms with van der Waals surface area (Å²) in [5.41, 5.74) is 2.38. The van der Waals surface area contributed by atoms with Gasteiger partial charge in [-0.05, 0) is 37.4 Å². The van der Waals surface area contributed by atoms with E-state index in [1.54, 1.807) is 0 Å². The van der Waals surface area contributed by atoms with Gasteiger partial charge in [-0.25, -0.2) is 4.98 Å². The van der Waals surface area contributed by atoms with Gasteiger partial charge in [0.25, 0.3) is 0 Å². The van der Waals surface area contributed by atoms with E-state index in [0.29, 0.717) is 5.92 Å². The minimum Gasteiger partial charge on any atom is -0.478 e. The van der Waals surface area contributed by atoms with E-state index in [9.17, 15) is 0 Å². The lowest BCUT2D eigenvalue weighted by atomic mass is 10.1. The minimum atomic E-state index is 0.667. The van der Waals surface area contributed by atoms with Crippen LogP contribution in [0.3, 0.4) is 0 Å². The van der Waals surface area contributed by atoms with E-state index in [2.05, 4.69) is 37.1 Å².